The summed E-state index contributed by atoms with van der Waals surface area (Å²) >= 11 is 0. The van der Waals surface area contributed by atoms with Crippen LogP contribution >= 0.6 is 0 Å². The van der Waals surface area contributed by atoms with Crippen LogP contribution in [0.1, 0.15) is 25.0 Å². The van der Waals surface area contributed by atoms with Crippen LogP contribution in [0.15, 0.2) is 205 Å². The molecule has 9 aromatic carbocycles. The van der Waals surface area contributed by atoms with Gasteiger partial charge in [0.2, 0.25) is 0 Å². The lowest BCUT2D eigenvalue weighted by molar-refractivity contribution is 0.662. The molecule has 0 saturated carbocycles. The Kier molecular flexibility index (Phi) is 7.55. The fourth-order valence-electron chi connectivity index (χ4n) is 9.35. The van der Waals surface area contributed by atoms with Crippen molar-refractivity contribution in [2.45, 2.75) is 19.3 Å². The van der Waals surface area contributed by atoms with Gasteiger partial charge in [0.05, 0.1) is 0 Å². The van der Waals surface area contributed by atoms with Crippen molar-refractivity contribution < 1.29 is 4.42 Å². The van der Waals surface area contributed by atoms with Gasteiger partial charge in [-0.2, -0.15) is 0 Å². The van der Waals surface area contributed by atoms with Crippen molar-refractivity contribution in [1.82, 2.24) is 0 Å². The van der Waals surface area contributed by atoms with Gasteiger partial charge >= 0.3 is 0 Å². The average molecular weight is 730 g/mol. The smallest absolute Gasteiger partial charge is 0.137 e. The maximum atomic E-state index is 6.43. The highest BCUT2D eigenvalue weighted by Gasteiger charge is 2.37. The van der Waals surface area contributed by atoms with Gasteiger partial charge in [0.1, 0.15) is 11.2 Å². The van der Waals surface area contributed by atoms with Crippen molar-refractivity contribution in [2.24, 2.45) is 0 Å². The number of benzene rings is 9. The molecule has 0 radical (unpaired) electrons. The first-order chi connectivity index (χ1) is 28.0. The standard InChI is InChI=1S/C55H39NO/c1-55(2)51-25-7-5-20-47(51)50-24-12-23-46(54(50)55)37-27-29-41(30-28-37)56(43-31-32-49-48-21-6-8-26-52(48)57-53(49)35-43)42-18-10-16-39(34-42)38-15-9-17-40(33-38)45-22-11-14-36-13-3-4-19-44(36)45/h3-35H,1-2H3. The topological polar surface area (TPSA) is 16.4 Å². The molecule has 2 nitrogen and oxygen atoms in total. The molecule has 0 atom stereocenters. The molecule has 10 aromatic rings. The number of anilines is 3. The number of hydrogen-bond donors (Lipinski definition) is 0. The molecule has 0 fully saturated rings. The van der Waals surface area contributed by atoms with E-state index < -0.39 is 0 Å². The third kappa shape index (κ3) is 5.40. The van der Waals surface area contributed by atoms with Gasteiger partial charge in [-0.3, -0.25) is 0 Å². The van der Waals surface area contributed by atoms with Gasteiger partial charge in [-0.1, -0.05) is 159 Å². The van der Waals surface area contributed by atoms with Crippen LogP contribution < -0.4 is 4.90 Å². The molecule has 57 heavy (non-hydrogen) atoms. The highest BCUT2D eigenvalue weighted by Crippen LogP contribution is 2.52. The number of rotatable bonds is 6. The minimum absolute atomic E-state index is 0.0967. The molecular weight excluding hydrogens is 691 g/mol. The summed E-state index contributed by atoms with van der Waals surface area (Å²) in [6, 6.07) is 72.6. The fraction of sp³-hybridized carbons (Fsp3) is 0.0545. The van der Waals surface area contributed by atoms with Crippen molar-refractivity contribution in [3.8, 4) is 44.5 Å². The largest absolute Gasteiger partial charge is 0.456 e. The molecule has 1 aliphatic carbocycles. The van der Waals surface area contributed by atoms with E-state index in [1.165, 1.54) is 60.8 Å². The van der Waals surface area contributed by atoms with E-state index in [1.807, 2.05) is 12.1 Å². The summed E-state index contributed by atoms with van der Waals surface area (Å²) in [6.07, 6.45) is 0. The zero-order valence-corrected chi connectivity index (χ0v) is 31.9. The van der Waals surface area contributed by atoms with Gasteiger partial charge in [-0.05, 0) is 115 Å². The summed E-state index contributed by atoms with van der Waals surface area (Å²) in [5, 5.41) is 4.75. The zero-order valence-electron chi connectivity index (χ0n) is 31.9. The Balaban J connectivity index is 1.03. The Morgan fingerprint density at radius 1 is 0.368 bits per heavy atom. The van der Waals surface area contributed by atoms with Gasteiger partial charge in [-0.15, -0.1) is 0 Å². The molecule has 1 aromatic heterocycles. The van der Waals surface area contributed by atoms with E-state index in [1.54, 1.807) is 0 Å². The summed E-state index contributed by atoms with van der Waals surface area (Å²) < 4.78 is 6.43. The minimum atomic E-state index is -0.0967. The second-order valence-corrected chi connectivity index (χ2v) is 15.7. The van der Waals surface area contributed by atoms with Crippen LogP contribution in [0.5, 0.6) is 0 Å². The quantitative estimate of drug-likeness (QED) is 0.169. The minimum Gasteiger partial charge on any atom is -0.456 e. The monoisotopic (exact) mass is 729 g/mol. The lowest BCUT2D eigenvalue weighted by Gasteiger charge is -2.27. The Bertz CT molecular complexity index is 3160. The molecule has 11 rings (SSSR count). The highest BCUT2D eigenvalue weighted by molar-refractivity contribution is 6.06. The average Bonchev–Trinajstić information content (AvgIpc) is 3.75. The molecule has 1 aliphatic rings. The molecule has 0 bridgehead atoms. The van der Waals surface area contributed by atoms with E-state index >= 15 is 0 Å². The first-order valence-electron chi connectivity index (χ1n) is 19.8. The molecule has 0 spiro atoms. The highest BCUT2D eigenvalue weighted by atomic mass is 16.3. The number of hydrogen-bond acceptors (Lipinski definition) is 2. The molecule has 2 heteroatoms. The van der Waals surface area contributed by atoms with Crippen molar-refractivity contribution in [3.05, 3.63) is 211 Å². The first-order valence-corrected chi connectivity index (χ1v) is 19.8. The lowest BCUT2D eigenvalue weighted by atomic mass is 9.79. The first kappa shape index (κ1) is 33.2. The number of fused-ring (bicyclic) bond motifs is 7. The van der Waals surface area contributed by atoms with Gasteiger partial charge < -0.3 is 9.32 Å². The second kappa shape index (κ2) is 13.0. The Morgan fingerprint density at radius 2 is 0.965 bits per heavy atom. The van der Waals surface area contributed by atoms with E-state index in [9.17, 15) is 0 Å². The van der Waals surface area contributed by atoms with Crippen LogP contribution in [0.4, 0.5) is 17.1 Å². The van der Waals surface area contributed by atoms with Crippen LogP contribution in [-0.4, -0.2) is 0 Å². The number of para-hydroxylation sites is 1. The Labute approximate surface area is 332 Å². The zero-order chi connectivity index (χ0) is 38.1. The summed E-state index contributed by atoms with van der Waals surface area (Å²) in [6.45, 7) is 4.71. The maximum Gasteiger partial charge on any atom is 0.137 e. The summed E-state index contributed by atoms with van der Waals surface area (Å²) in [5.41, 5.74) is 17.6. The molecule has 0 amide bonds. The summed E-state index contributed by atoms with van der Waals surface area (Å²) in [5.74, 6) is 0. The molecule has 0 aliphatic heterocycles. The van der Waals surface area contributed by atoms with Crippen LogP contribution in [-0.2, 0) is 5.41 Å². The molecule has 1 heterocycles. The third-order valence-electron chi connectivity index (χ3n) is 12.0. The van der Waals surface area contributed by atoms with E-state index in [0.29, 0.717) is 0 Å². The van der Waals surface area contributed by atoms with E-state index in [0.717, 1.165) is 44.6 Å². The van der Waals surface area contributed by atoms with Gasteiger partial charge in [0.15, 0.2) is 0 Å². The van der Waals surface area contributed by atoms with Crippen LogP contribution in [0, 0.1) is 0 Å². The second-order valence-electron chi connectivity index (χ2n) is 15.7. The Hall–Kier alpha value is -7.16. The molecule has 0 saturated heterocycles. The summed E-state index contributed by atoms with van der Waals surface area (Å²) in [4.78, 5) is 2.35. The van der Waals surface area contributed by atoms with Crippen LogP contribution in [0.3, 0.4) is 0 Å². The van der Waals surface area contributed by atoms with Crippen LogP contribution in [0.2, 0.25) is 0 Å². The van der Waals surface area contributed by atoms with E-state index in [2.05, 4.69) is 207 Å². The number of furan rings is 1. The normalized spacial score (nSPS) is 12.9. The predicted octanol–water partition coefficient (Wildman–Crippen LogP) is 15.5. The summed E-state index contributed by atoms with van der Waals surface area (Å²) in [7, 11) is 0. The number of nitrogens with zero attached hydrogens (tertiary/aromatic N) is 1. The van der Waals surface area contributed by atoms with Gasteiger partial charge in [0.25, 0.3) is 0 Å². The molecule has 0 N–H and O–H groups in total. The lowest BCUT2D eigenvalue weighted by Crippen LogP contribution is -2.16. The van der Waals surface area contributed by atoms with Gasteiger partial charge in [-0.25, -0.2) is 0 Å². The molecule has 0 unspecified atom stereocenters. The van der Waals surface area contributed by atoms with E-state index in [4.69, 9.17) is 4.42 Å². The van der Waals surface area contributed by atoms with Gasteiger partial charge in [0, 0.05) is 39.3 Å². The third-order valence-corrected chi connectivity index (χ3v) is 12.0. The van der Waals surface area contributed by atoms with Crippen molar-refractivity contribution in [1.29, 1.82) is 0 Å². The predicted molar refractivity (Wildman–Crippen MR) is 240 cm³/mol. The van der Waals surface area contributed by atoms with Crippen LogP contribution in [0.25, 0.3) is 77.2 Å². The van der Waals surface area contributed by atoms with Crippen molar-refractivity contribution in [2.75, 3.05) is 4.90 Å². The molecular formula is C55H39NO. The molecule has 270 valence electrons. The van der Waals surface area contributed by atoms with E-state index in [-0.39, 0.29) is 5.41 Å². The maximum absolute atomic E-state index is 6.43. The van der Waals surface area contributed by atoms with Crippen molar-refractivity contribution in [3.63, 3.8) is 0 Å². The fourth-order valence-corrected chi connectivity index (χ4v) is 9.35. The Morgan fingerprint density at radius 3 is 1.86 bits per heavy atom. The SMILES string of the molecule is CC1(C)c2ccccc2-c2cccc(-c3ccc(N(c4cccc(-c5cccc(-c6cccc7ccccc67)c5)c4)c4ccc5c(c4)oc4ccccc45)cc3)c21. The van der Waals surface area contributed by atoms with Crippen molar-refractivity contribution >= 4 is 49.8 Å².